The van der Waals surface area contributed by atoms with Crippen molar-refractivity contribution in [1.82, 2.24) is 10.3 Å². The molecule has 0 spiro atoms. The van der Waals surface area contributed by atoms with Crippen molar-refractivity contribution in [2.45, 2.75) is 6.92 Å². The summed E-state index contributed by atoms with van der Waals surface area (Å²) in [5.74, 6) is 0.342. The molecule has 0 unspecified atom stereocenters. The lowest BCUT2D eigenvalue weighted by Crippen LogP contribution is -2.29. The van der Waals surface area contributed by atoms with E-state index in [4.69, 9.17) is 4.74 Å². The Morgan fingerprint density at radius 1 is 1.21 bits per heavy atom. The number of carbonyl (C=O) groups is 1. The van der Waals surface area contributed by atoms with Gasteiger partial charge in [0.05, 0.1) is 17.7 Å². The number of amides is 1. The number of benzene rings is 2. The van der Waals surface area contributed by atoms with E-state index < -0.39 is 5.82 Å². The number of anilines is 1. The molecule has 7 heteroatoms. The molecule has 0 radical (unpaired) electrons. The molecule has 1 heterocycles. The second-order valence-corrected chi connectivity index (χ2v) is 5.98. The normalized spacial score (nSPS) is 10.3. The molecule has 1 amide bonds. The molecule has 142 valence electrons. The quantitative estimate of drug-likeness (QED) is 0.615. The van der Waals surface area contributed by atoms with Crippen LogP contribution < -0.4 is 15.4 Å². The summed E-state index contributed by atoms with van der Waals surface area (Å²) in [5, 5.41) is 16.0. The van der Waals surface area contributed by atoms with Gasteiger partial charge in [0, 0.05) is 24.0 Å². The van der Waals surface area contributed by atoms with Crippen molar-refractivity contribution >= 4 is 22.6 Å². The maximum atomic E-state index is 13.2. The minimum atomic E-state index is -0.461. The molecule has 6 nitrogen and oxygen atoms in total. The van der Waals surface area contributed by atoms with Gasteiger partial charge in [0.15, 0.2) is 0 Å². The van der Waals surface area contributed by atoms with Crippen LogP contribution in [0.3, 0.4) is 0 Å². The highest BCUT2D eigenvalue weighted by molar-refractivity contribution is 5.94. The molecule has 0 bridgehead atoms. The van der Waals surface area contributed by atoms with Crippen LogP contribution in [0.1, 0.15) is 22.8 Å². The Morgan fingerprint density at radius 3 is 2.82 bits per heavy atom. The molecule has 0 aliphatic carbocycles. The maximum absolute atomic E-state index is 13.2. The van der Waals surface area contributed by atoms with Crippen molar-refractivity contribution in [3.05, 3.63) is 65.5 Å². The number of fused-ring (bicyclic) bond motifs is 1. The topological polar surface area (TPSA) is 87.0 Å². The highest BCUT2D eigenvalue weighted by Crippen LogP contribution is 2.24. The molecule has 2 N–H and O–H groups in total. The van der Waals surface area contributed by atoms with Crippen LogP contribution in [-0.2, 0) is 0 Å². The van der Waals surface area contributed by atoms with Crippen LogP contribution >= 0.6 is 0 Å². The Morgan fingerprint density at radius 2 is 2.07 bits per heavy atom. The molecule has 0 aliphatic heterocycles. The Kier molecular flexibility index (Phi) is 6.02. The van der Waals surface area contributed by atoms with Gasteiger partial charge in [-0.1, -0.05) is 6.07 Å². The van der Waals surface area contributed by atoms with E-state index in [1.54, 1.807) is 12.1 Å². The minimum Gasteiger partial charge on any atom is -0.494 e. The van der Waals surface area contributed by atoms with Crippen LogP contribution in [0.5, 0.6) is 5.75 Å². The lowest BCUT2D eigenvalue weighted by atomic mass is 10.1. The van der Waals surface area contributed by atoms with Gasteiger partial charge < -0.3 is 15.4 Å². The smallest absolute Gasteiger partial charge is 0.251 e. The van der Waals surface area contributed by atoms with Crippen LogP contribution in [-0.4, -0.2) is 30.6 Å². The summed E-state index contributed by atoms with van der Waals surface area (Å²) in [6.45, 7) is 3.13. The molecule has 3 aromatic rings. The predicted octanol–water partition coefficient (Wildman–Crippen LogP) is 3.49. The second-order valence-electron chi connectivity index (χ2n) is 5.98. The summed E-state index contributed by atoms with van der Waals surface area (Å²) in [5.41, 5.74) is 1.39. The molecule has 0 saturated carbocycles. The maximum Gasteiger partial charge on any atom is 0.251 e. The first kappa shape index (κ1) is 19.1. The van der Waals surface area contributed by atoms with E-state index in [1.165, 1.54) is 18.2 Å². The van der Waals surface area contributed by atoms with Crippen molar-refractivity contribution in [3.8, 4) is 11.8 Å². The van der Waals surface area contributed by atoms with Crippen LogP contribution in [0.25, 0.3) is 10.9 Å². The number of nitriles is 1. The number of pyridine rings is 1. The second kappa shape index (κ2) is 8.82. The zero-order chi connectivity index (χ0) is 19.9. The van der Waals surface area contributed by atoms with Crippen LogP contribution in [0.4, 0.5) is 10.2 Å². The van der Waals surface area contributed by atoms with Gasteiger partial charge in [-0.2, -0.15) is 5.26 Å². The van der Waals surface area contributed by atoms with E-state index in [0.717, 1.165) is 16.7 Å². The molecule has 1 aromatic heterocycles. The van der Waals surface area contributed by atoms with E-state index >= 15 is 0 Å². The molecular weight excluding hydrogens is 359 g/mol. The lowest BCUT2D eigenvalue weighted by molar-refractivity contribution is 0.0954. The molecular formula is C21H19FN4O2. The van der Waals surface area contributed by atoms with Gasteiger partial charge in [-0.15, -0.1) is 0 Å². The SMILES string of the molecule is CCOc1ccc2nc(NCCNC(=O)c3cccc(F)c3)c(C#N)cc2c1. The first-order valence-electron chi connectivity index (χ1n) is 8.86. The van der Waals surface area contributed by atoms with E-state index in [9.17, 15) is 14.4 Å². The standard InChI is InChI=1S/C21H19FN4O2/c1-2-28-18-6-7-19-15(12-18)10-16(13-23)20(26-19)24-8-9-25-21(27)14-4-3-5-17(22)11-14/h3-7,10-12H,2,8-9H2,1H3,(H,24,26)(H,25,27). The van der Waals surface area contributed by atoms with Gasteiger partial charge >= 0.3 is 0 Å². The van der Waals surface area contributed by atoms with E-state index in [0.29, 0.717) is 31.1 Å². The average Bonchev–Trinajstić information content (AvgIpc) is 2.70. The fourth-order valence-corrected chi connectivity index (χ4v) is 2.72. The minimum absolute atomic E-state index is 0.256. The molecule has 3 rings (SSSR count). The average molecular weight is 378 g/mol. The van der Waals surface area contributed by atoms with Gasteiger partial charge in [-0.05, 0) is 49.4 Å². The van der Waals surface area contributed by atoms with E-state index in [1.807, 2.05) is 25.1 Å². The third-order valence-electron chi connectivity index (χ3n) is 4.01. The number of hydrogen-bond donors (Lipinski definition) is 2. The van der Waals surface area contributed by atoms with E-state index in [2.05, 4.69) is 21.7 Å². The number of ether oxygens (including phenoxy) is 1. The van der Waals surface area contributed by atoms with Crippen molar-refractivity contribution in [1.29, 1.82) is 5.26 Å². The van der Waals surface area contributed by atoms with Crippen LogP contribution in [0, 0.1) is 17.1 Å². The van der Waals surface area contributed by atoms with Crippen molar-refractivity contribution < 1.29 is 13.9 Å². The Hall–Kier alpha value is -3.66. The number of aromatic nitrogens is 1. The van der Waals surface area contributed by atoms with Gasteiger partial charge in [0.2, 0.25) is 0 Å². The van der Waals surface area contributed by atoms with Gasteiger partial charge in [-0.3, -0.25) is 4.79 Å². The number of carbonyl (C=O) groups excluding carboxylic acids is 1. The fourth-order valence-electron chi connectivity index (χ4n) is 2.72. The van der Waals surface area contributed by atoms with Crippen molar-refractivity contribution in [2.24, 2.45) is 0 Å². The molecule has 0 atom stereocenters. The van der Waals surface area contributed by atoms with Gasteiger partial charge in [0.25, 0.3) is 5.91 Å². The zero-order valence-electron chi connectivity index (χ0n) is 15.3. The van der Waals surface area contributed by atoms with Crippen molar-refractivity contribution in [3.63, 3.8) is 0 Å². The highest BCUT2D eigenvalue weighted by atomic mass is 19.1. The number of rotatable bonds is 7. The summed E-state index contributed by atoms with van der Waals surface area (Å²) in [6, 6.07) is 14.9. The first-order chi connectivity index (χ1) is 13.6. The summed E-state index contributed by atoms with van der Waals surface area (Å²) in [4.78, 5) is 16.5. The van der Waals surface area contributed by atoms with Gasteiger partial charge in [0.1, 0.15) is 23.5 Å². The monoisotopic (exact) mass is 378 g/mol. The third kappa shape index (κ3) is 4.54. The van der Waals surface area contributed by atoms with Gasteiger partial charge in [-0.25, -0.2) is 9.37 Å². The zero-order valence-corrected chi connectivity index (χ0v) is 15.3. The predicted molar refractivity (Wildman–Crippen MR) is 105 cm³/mol. The van der Waals surface area contributed by atoms with Crippen molar-refractivity contribution in [2.75, 3.05) is 25.0 Å². The number of nitrogens with zero attached hydrogens (tertiary/aromatic N) is 2. The molecule has 2 aromatic carbocycles. The lowest BCUT2D eigenvalue weighted by Gasteiger charge is -2.11. The Balaban J connectivity index is 1.64. The van der Waals surface area contributed by atoms with Crippen LogP contribution in [0.2, 0.25) is 0 Å². The third-order valence-corrected chi connectivity index (χ3v) is 4.01. The first-order valence-corrected chi connectivity index (χ1v) is 8.86. The summed E-state index contributed by atoms with van der Waals surface area (Å²) in [6.07, 6.45) is 0. The molecule has 0 saturated heterocycles. The van der Waals surface area contributed by atoms with E-state index in [-0.39, 0.29) is 11.5 Å². The molecule has 0 aliphatic rings. The number of hydrogen-bond acceptors (Lipinski definition) is 5. The molecule has 0 fully saturated rings. The number of halogens is 1. The summed E-state index contributed by atoms with van der Waals surface area (Å²) >= 11 is 0. The summed E-state index contributed by atoms with van der Waals surface area (Å²) in [7, 11) is 0. The molecule has 28 heavy (non-hydrogen) atoms. The fraction of sp³-hybridized carbons (Fsp3) is 0.190. The Labute approximate surface area is 162 Å². The highest BCUT2D eigenvalue weighted by Gasteiger charge is 2.09. The largest absolute Gasteiger partial charge is 0.494 e. The number of nitrogens with one attached hydrogen (secondary N) is 2. The summed E-state index contributed by atoms with van der Waals surface area (Å²) < 4.78 is 18.7. The van der Waals surface area contributed by atoms with Crippen LogP contribution in [0.15, 0.2) is 48.5 Å². The Bertz CT molecular complexity index is 1050.